The van der Waals surface area contributed by atoms with E-state index in [0.29, 0.717) is 29.5 Å². The van der Waals surface area contributed by atoms with E-state index >= 15 is 0 Å². The van der Waals surface area contributed by atoms with Crippen LogP contribution in [-0.2, 0) is 4.74 Å². The Hall–Kier alpha value is -2.56. The number of anilines is 1. The SMILES string of the molecule is C=CCOCC1(C)C=Cc2cc(NC(=O)c3ccccc3Cl)ccc2O1. The van der Waals surface area contributed by atoms with Gasteiger partial charge in [0.05, 0.1) is 23.8 Å². The van der Waals surface area contributed by atoms with Crippen LogP contribution in [0.4, 0.5) is 5.69 Å². The number of amides is 1. The van der Waals surface area contributed by atoms with Gasteiger partial charge in [-0.2, -0.15) is 0 Å². The fraction of sp³-hybridized carbons (Fsp3) is 0.190. The zero-order chi connectivity index (χ0) is 18.6. The van der Waals surface area contributed by atoms with Crippen LogP contribution < -0.4 is 10.1 Å². The summed E-state index contributed by atoms with van der Waals surface area (Å²) in [6.07, 6.45) is 5.64. The second-order valence-electron chi connectivity index (χ2n) is 6.24. The van der Waals surface area contributed by atoms with Crippen molar-refractivity contribution in [3.05, 3.63) is 77.3 Å². The predicted octanol–water partition coefficient (Wildman–Crippen LogP) is 4.96. The molecule has 0 aromatic heterocycles. The average Bonchev–Trinajstić information content (AvgIpc) is 2.62. The summed E-state index contributed by atoms with van der Waals surface area (Å²) in [6.45, 7) is 6.51. The van der Waals surface area contributed by atoms with E-state index in [2.05, 4.69) is 11.9 Å². The Balaban J connectivity index is 1.73. The lowest BCUT2D eigenvalue weighted by Crippen LogP contribution is -2.37. The molecule has 3 rings (SSSR count). The molecule has 0 spiro atoms. The van der Waals surface area contributed by atoms with E-state index < -0.39 is 5.60 Å². The molecular formula is C21H20ClNO3. The van der Waals surface area contributed by atoms with E-state index in [-0.39, 0.29) is 5.91 Å². The van der Waals surface area contributed by atoms with Crippen molar-refractivity contribution >= 4 is 29.3 Å². The molecule has 0 saturated carbocycles. The minimum atomic E-state index is -0.529. The molecule has 0 fully saturated rings. The highest BCUT2D eigenvalue weighted by atomic mass is 35.5. The highest BCUT2D eigenvalue weighted by Gasteiger charge is 2.27. The Morgan fingerprint density at radius 3 is 2.92 bits per heavy atom. The monoisotopic (exact) mass is 369 g/mol. The van der Waals surface area contributed by atoms with Gasteiger partial charge in [0.15, 0.2) is 0 Å². The third-order valence-electron chi connectivity index (χ3n) is 3.97. The number of carbonyl (C=O) groups excluding carboxylic acids is 1. The molecule has 0 radical (unpaired) electrons. The number of nitrogens with one attached hydrogen (secondary N) is 1. The molecular weight excluding hydrogens is 350 g/mol. The Morgan fingerprint density at radius 1 is 1.35 bits per heavy atom. The van der Waals surface area contributed by atoms with Crippen molar-refractivity contribution in [1.29, 1.82) is 0 Å². The molecule has 0 bridgehead atoms. The molecule has 1 atom stereocenters. The maximum absolute atomic E-state index is 12.4. The lowest BCUT2D eigenvalue weighted by atomic mass is 10.0. The summed E-state index contributed by atoms with van der Waals surface area (Å²) in [4.78, 5) is 12.4. The van der Waals surface area contributed by atoms with Crippen molar-refractivity contribution in [2.75, 3.05) is 18.5 Å². The molecule has 26 heavy (non-hydrogen) atoms. The molecule has 2 aromatic rings. The summed E-state index contributed by atoms with van der Waals surface area (Å²) in [5, 5.41) is 3.28. The number of fused-ring (bicyclic) bond motifs is 1. The van der Waals surface area contributed by atoms with Crippen LogP contribution >= 0.6 is 11.6 Å². The Labute approximate surface area is 158 Å². The molecule has 1 amide bonds. The molecule has 5 heteroatoms. The van der Waals surface area contributed by atoms with Gasteiger partial charge in [0.1, 0.15) is 11.4 Å². The third-order valence-corrected chi connectivity index (χ3v) is 4.30. The van der Waals surface area contributed by atoms with Crippen LogP contribution in [0, 0.1) is 0 Å². The van der Waals surface area contributed by atoms with Gasteiger partial charge in [0.2, 0.25) is 0 Å². The fourth-order valence-electron chi connectivity index (χ4n) is 2.67. The topological polar surface area (TPSA) is 47.6 Å². The first-order chi connectivity index (χ1) is 12.5. The third kappa shape index (κ3) is 4.15. The lowest BCUT2D eigenvalue weighted by Gasteiger charge is -2.31. The van der Waals surface area contributed by atoms with E-state index in [4.69, 9.17) is 21.1 Å². The van der Waals surface area contributed by atoms with Crippen LogP contribution in [0.15, 0.2) is 61.2 Å². The molecule has 0 aliphatic carbocycles. The Bertz CT molecular complexity index is 862. The first-order valence-corrected chi connectivity index (χ1v) is 8.65. The number of hydrogen-bond donors (Lipinski definition) is 1. The molecule has 1 aliphatic rings. The summed E-state index contributed by atoms with van der Waals surface area (Å²) >= 11 is 6.07. The zero-order valence-corrected chi connectivity index (χ0v) is 15.3. The lowest BCUT2D eigenvalue weighted by molar-refractivity contribution is 0.0246. The van der Waals surface area contributed by atoms with Crippen LogP contribution in [0.2, 0.25) is 5.02 Å². The molecule has 2 aromatic carbocycles. The molecule has 1 N–H and O–H groups in total. The van der Waals surface area contributed by atoms with Crippen LogP contribution in [0.1, 0.15) is 22.8 Å². The first kappa shape index (κ1) is 18.2. The number of benzene rings is 2. The van der Waals surface area contributed by atoms with E-state index in [1.54, 1.807) is 36.4 Å². The number of ether oxygens (including phenoxy) is 2. The van der Waals surface area contributed by atoms with Crippen molar-refractivity contribution in [2.24, 2.45) is 0 Å². The maximum Gasteiger partial charge on any atom is 0.257 e. The molecule has 1 aliphatic heterocycles. The van der Waals surface area contributed by atoms with Crippen LogP contribution in [-0.4, -0.2) is 24.7 Å². The van der Waals surface area contributed by atoms with Crippen molar-refractivity contribution in [3.8, 4) is 5.75 Å². The van der Waals surface area contributed by atoms with Gasteiger partial charge in [-0.3, -0.25) is 4.79 Å². The summed E-state index contributed by atoms with van der Waals surface area (Å²) < 4.78 is 11.6. The highest BCUT2D eigenvalue weighted by molar-refractivity contribution is 6.34. The van der Waals surface area contributed by atoms with Crippen molar-refractivity contribution in [2.45, 2.75) is 12.5 Å². The molecule has 1 heterocycles. The molecule has 1 unspecified atom stereocenters. The van der Waals surface area contributed by atoms with Crippen LogP contribution in [0.3, 0.4) is 0 Å². The maximum atomic E-state index is 12.4. The van der Waals surface area contributed by atoms with Crippen molar-refractivity contribution < 1.29 is 14.3 Å². The average molecular weight is 370 g/mol. The van der Waals surface area contributed by atoms with Gasteiger partial charge < -0.3 is 14.8 Å². The summed E-state index contributed by atoms with van der Waals surface area (Å²) in [5.41, 5.74) is 1.47. The summed E-state index contributed by atoms with van der Waals surface area (Å²) in [6, 6.07) is 12.5. The van der Waals surface area contributed by atoms with Crippen molar-refractivity contribution in [1.82, 2.24) is 0 Å². The van der Waals surface area contributed by atoms with Gasteiger partial charge in [-0.1, -0.05) is 35.9 Å². The van der Waals surface area contributed by atoms with Gasteiger partial charge in [0, 0.05) is 11.3 Å². The minimum Gasteiger partial charge on any atom is -0.480 e. The van der Waals surface area contributed by atoms with E-state index in [0.717, 1.165) is 11.3 Å². The minimum absolute atomic E-state index is 0.251. The van der Waals surface area contributed by atoms with E-state index in [9.17, 15) is 4.79 Å². The van der Waals surface area contributed by atoms with E-state index in [1.165, 1.54) is 0 Å². The number of carbonyl (C=O) groups is 1. The molecule has 134 valence electrons. The number of hydrogen-bond acceptors (Lipinski definition) is 3. The predicted molar refractivity (Wildman–Crippen MR) is 105 cm³/mol. The standard InChI is InChI=1S/C21H20ClNO3/c1-3-12-25-14-21(2)11-10-15-13-16(8-9-19(15)26-21)23-20(24)17-6-4-5-7-18(17)22/h3-11,13H,1,12,14H2,2H3,(H,23,24). The van der Waals surface area contributed by atoms with Gasteiger partial charge in [-0.05, 0) is 43.3 Å². The fourth-order valence-corrected chi connectivity index (χ4v) is 2.89. The van der Waals surface area contributed by atoms with Gasteiger partial charge in [0.25, 0.3) is 5.91 Å². The van der Waals surface area contributed by atoms with Crippen molar-refractivity contribution in [3.63, 3.8) is 0 Å². The van der Waals surface area contributed by atoms with Gasteiger partial charge in [-0.15, -0.1) is 6.58 Å². The number of rotatable bonds is 6. The van der Waals surface area contributed by atoms with E-state index in [1.807, 2.05) is 31.2 Å². The van der Waals surface area contributed by atoms with Gasteiger partial charge >= 0.3 is 0 Å². The number of halogens is 1. The van der Waals surface area contributed by atoms with Crippen LogP contribution in [0.25, 0.3) is 6.08 Å². The quantitative estimate of drug-likeness (QED) is 0.578. The van der Waals surface area contributed by atoms with Gasteiger partial charge in [-0.25, -0.2) is 0 Å². The first-order valence-electron chi connectivity index (χ1n) is 8.27. The molecule has 4 nitrogen and oxygen atoms in total. The Morgan fingerprint density at radius 2 is 2.15 bits per heavy atom. The smallest absolute Gasteiger partial charge is 0.257 e. The normalized spacial score (nSPS) is 17.9. The Kier molecular flexibility index (Phi) is 5.45. The second-order valence-corrected chi connectivity index (χ2v) is 6.65. The largest absolute Gasteiger partial charge is 0.480 e. The zero-order valence-electron chi connectivity index (χ0n) is 14.5. The summed E-state index contributed by atoms with van der Waals surface area (Å²) in [7, 11) is 0. The molecule has 0 saturated heterocycles. The summed E-state index contributed by atoms with van der Waals surface area (Å²) in [5.74, 6) is 0.492. The second kappa shape index (κ2) is 7.77. The van der Waals surface area contributed by atoms with Crippen LogP contribution in [0.5, 0.6) is 5.75 Å². The highest BCUT2D eigenvalue weighted by Crippen LogP contribution is 2.33.